The first-order chi connectivity index (χ1) is 5.09. The van der Waals surface area contributed by atoms with Crippen molar-refractivity contribution in [3.05, 3.63) is 0 Å². The van der Waals surface area contributed by atoms with E-state index in [2.05, 4.69) is 0 Å². The number of rotatable bonds is 2. The van der Waals surface area contributed by atoms with Crippen LogP contribution in [0.25, 0.3) is 0 Å². The van der Waals surface area contributed by atoms with Crippen molar-refractivity contribution in [2.24, 2.45) is 0 Å². The van der Waals surface area contributed by atoms with Crippen molar-refractivity contribution in [3.63, 3.8) is 0 Å². The molecule has 1 heterocycles. The molecule has 0 aromatic rings. The predicted molar refractivity (Wildman–Crippen MR) is 36.0 cm³/mol. The molecule has 0 aliphatic carbocycles. The molecule has 0 bridgehead atoms. The van der Waals surface area contributed by atoms with E-state index in [1.807, 2.05) is 0 Å². The van der Waals surface area contributed by atoms with Crippen LogP contribution in [0.3, 0.4) is 0 Å². The fourth-order valence-electron chi connectivity index (χ4n) is 1.03. The summed E-state index contributed by atoms with van der Waals surface area (Å²) in [7, 11) is 0. The Labute approximate surface area is 64.5 Å². The summed E-state index contributed by atoms with van der Waals surface area (Å²) in [6.45, 7) is 3.32. The van der Waals surface area contributed by atoms with Gasteiger partial charge in [-0.05, 0) is 13.8 Å². The molecule has 0 radical (unpaired) electrons. The molecular weight excluding hydrogens is 148 g/mol. The first-order valence-electron chi connectivity index (χ1n) is 3.35. The summed E-state index contributed by atoms with van der Waals surface area (Å²) in [5.41, 5.74) is 0. The van der Waals surface area contributed by atoms with E-state index in [-0.39, 0.29) is 0 Å². The topological polar surface area (TPSA) is 52.6 Å². The van der Waals surface area contributed by atoms with Gasteiger partial charge >= 0.3 is 0 Å². The van der Waals surface area contributed by atoms with Crippen LogP contribution in [0.4, 0.5) is 0 Å². The molecule has 4 nitrogen and oxygen atoms in total. The Kier molecular flexibility index (Phi) is 2.06. The highest BCUT2D eigenvalue weighted by Crippen LogP contribution is 2.25. The maximum absolute atomic E-state index is 10.3. The molecule has 1 aliphatic rings. The van der Waals surface area contributed by atoms with Crippen molar-refractivity contribution in [1.29, 1.82) is 0 Å². The van der Waals surface area contributed by atoms with Gasteiger partial charge in [0.2, 0.25) is 0 Å². The van der Waals surface area contributed by atoms with Crippen LogP contribution in [0.5, 0.6) is 0 Å². The molecule has 2 atom stereocenters. The van der Waals surface area contributed by atoms with Crippen molar-refractivity contribution in [2.45, 2.75) is 31.8 Å². The minimum absolute atomic E-state index is 0.577. The Bertz CT molecular complexity index is 157. The van der Waals surface area contributed by atoms with Gasteiger partial charge in [-0.2, -0.15) is 0 Å². The largest absolute Gasteiger partial charge is 0.337 e. The summed E-state index contributed by atoms with van der Waals surface area (Å²) < 4.78 is 10.2. The lowest BCUT2D eigenvalue weighted by Crippen LogP contribution is -2.24. The van der Waals surface area contributed by atoms with Gasteiger partial charge in [0.05, 0.1) is 0 Å². The minimum atomic E-state index is -0.822. The molecule has 1 aliphatic heterocycles. The number of hydrogen-bond acceptors (Lipinski definition) is 4. The highest BCUT2D eigenvalue weighted by atomic mass is 16.8. The van der Waals surface area contributed by atoms with Crippen LogP contribution in [0.15, 0.2) is 0 Å². The molecule has 0 aromatic heterocycles. The molecule has 0 saturated carbocycles. The van der Waals surface area contributed by atoms with E-state index in [0.717, 1.165) is 0 Å². The molecule has 0 spiro atoms. The molecule has 11 heavy (non-hydrogen) atoms. The van der Waals surface area contributed by atoms with Crippen LogP contribution in [0.1, 0.15) is 13.8 Å². The van der Waals surface area contributed by atoms with Gasteiger partial charge in [-0.3, -0.25) is 0 Å². The third-order valence-corrected chi connectivity index (χ3v) is 1.43. The van der Waals surface area contributed by atoms with E-state index in [1.165, 1.54) is 0 Å². The van der Waals surface area contributed by atoms with Crippen molar-refractivity contribution in [2.75, 3.05) is 0 Å². The third-order valence-electron chi connectivity index (χ3n) is 1.43. The Morgan fingerprint density at radius 3 is 1.73 bits per heavy atom. The molecule has 0 amide bonds. The van der Waals surface area contributed by atoms with Crippen LogP contribution >= 0.6 is 0 Å². The van der Waals surface area contributed by atoms with E-state index in [0.29, 0.717) is 12.6 Å². The van der Waals surface area contributed by atoms with Gasteiger partial charge in [0.25, 0.3) is 0 Å². The van der Waals surface area contributed by atoms with E-state index in [4.69, 9.17) is 9.47 Å². The van der Waals surface area contributed by atoms with Gasteiger partial charge in [-0.15, -0.1) is 0 Å². The smallest absolute Gasteiger partial charge is 0.164 e. The minimum Gasteiger partial charge on any atom is -0.337 e. The Morgan fingerprint density at radius 2 is 1.45 bits per heavy atom. The number of carbonyl (C=O) groups is 2. The van der Waals surface area contributed by atoms with Gasteiger partial charge in [-0.1, -0.05) is 0 Å². The zero-order valence-electron chi connectivity index (χ0n) is 6.44. The van der Waals surface area contributed by atoms with Crippen LogP contribution in [-0.2, 0) is 19.1 Å². The van der Waals surface area contributed by atoms with E-state index in [1.54, 1.807) is 13.8 Å². The van der Waals surface area contributed by atoms with E-state index in [9.17, 15) is 9.59 Å². The zero-order chi connectivity index (χ0) is 8.48. The van der Waals surface area contributed by atoms with Crippen LogP contribution < -0.4 is 0 Å². The Morgan fingerprint density at radius 1 is 1.09 bits per heavy atom. The standard InChI is InChI=1S/C7H10O4/c1-7(2)10-5(3-8)6(4-9)11-7/h3-6H,1-2H3. The Hall–Kier alpha value is -0.740. The molecule has 4 heteroatoms. The molecule has 62 valence electrons. The lowest BCUT2D eigenvalue weighted by atomic mass is 10.2. The summed E-state index contributed by atoms with van der Waals surface area (Å²) in [5.74, 6) is -0.822. The van der Waals surface area contributed by atoms with Crippen molar-refractivity contribution < 1.29 is 19.1 Å². The number of aldehydes is 2. The fraction of sp³-hybridized carbons (Fsp3) is 0.714. The second-order valence-electron chi connectivity index (χ2n) is 2.84. The second-order valence-corrected chi connectivity index (χ2v) is 2.84. The third kappa shape index (κ3) is 1.64. The number of hydrogen-bond donors (Lipinski definition) is 0. The summed E-state index contributed by atoms with van der Waals surface area (Å²) in [5, 5.41) is 0. The molecule has 1 saturated heterocycles. The van der Waals surface area contributed by atoms with Crippen molar-refractivity contribution in [3.8, 4) is 0 Å². The fourth-order valence-corrected chi connectivity index (χ4v) is 1.03. The molecule has 2 unspecified atom stereocenters. The van der Waals surface area contributed by atoms with E-state index >= 15 is 0 Å². The summed E-state index contributed by atoms with van der Waals surface area (Å²) in [6.07, 6.45) is -0.341. The first kappa shape index (κ1) is 8.36. The summed E-state index contributed by atoms with van der Waals surface area (Å²) in [6, 6.07) is 0. The molecule has 1 rings (SSSR count). The lowest BCUT2D eigenvalue weighted by Gasteiger charge is -2.15. The summed E-state index contributed by atoms with van der Waals surface area (Å²) >= 11 is 0. The van der Waals surface area contributed by atoms with Crippen molar-refractivity contribution >= 4 is 12.6 Å². The van der Waals surface area contributed by atoms with Crippen LogP contribution in [-0.4, -0.2) is 30.6 Å². The number of carbonyl (C=O) groups excluding carboxylic acids is 2. The lowest BCUT2D eigenvalue weighted by molar-refractivity contribution is -0.152. The maximum atomic E-state index is 10.3. The summed E-state index contributed by atoms with van der Waals surface area (Å²) in [4.78, 5) is 20.6. The van der Waals surface area contributed by atoms with E-state index < -0.39 is 18.0 Å². The number of ether oxygens (including phenoxy) is 2. The predicted octanol–water partition coefficient (Wildman–Crippen LogP) is -0.0957. The maximum Gasteiger partial charge on any atom is 0.164 e. The average Bonchev–Trinajstić information content (AvgIpc) is 2.25. The van der Waals surface area contributed by atoms with Gasteiger partial charge in [0.1, 0.15) is 12.2 Å². The Balaban J connectivity index is 2.69. The van der Waals surface area contributed by atoms with Gasteiger partial charge in [0.15, 0.2) is 18.4 Å². The SMILES string of the molecule is CC1(C)OC(C=O)C(C=O)O1. The normalized spacial score (nSPS) is 35.1. The van der Waals surface area contributed by atoms with Crippen molar-refractivity contribution in [1.82, 2.24) is 0 Å². The zero-order valence-corrected chi connectivity index (χ0v) is 6.44. The first-order valence-corrected chi connectivity index (χ1v) is 3.35. The van der Waals surface area contributed by atoms with Gasteiger partial charge in [0, 0.05) is 0 Å². The van der Waals surface area contributed by atoms with Gasteiger partial charge in [-0.25, -0.2) is 0 Å². The molecule has 0 N–H and O–H groups in total. The second kappa shape index (κ2) is 2.71. The highest BCUT2D eigenvalue weighted by molar-refractivity contribution is 5.69. The van der Waals surface area contributed by atoms with Gasteiger partial charge < -0.3 is 19.1 Å². The van der Waals surface area contributed by atoms with Crippen LogP contribution in [0, 0.1) is 0 Å². The monoisotopic (exact) mass is 158 g/mol. The molecule has 1 fully saturated rings. The molecular formula is C7H10O4. The highest BCUT2D eigenvalue weighted by Gasteiger charge is 2.40. The van der Waals surface area contributed by atoms with Crippen LogP contribution in [0.2, 0.25) is 0 Å². The average molecular weight is 158 g/mol. The quantitative estimate of drug-likeness (QED) is 0.527. The molecule has 0 aromatic carbocycles.